The summed E-state index contributed by atoms with van der Waals surface area (Å²) < 4.78 is 0. The van der Waals surface area contributed by atoms with Crippen molar-refractivity contribution in [2.45, 2.75) is 26.4 Å². The second-order valence-electron chi connectivity index (χ2n) is 5.24. The third kappa shape index (κ3) is 7.83. The molecule has 1 aliphatic rings. The Morgan fingerprint density at radius 3 is 2.00 bits per heavy atom. The molecule has 1 atom stereocenters. The van der Waals surface area contributed by atoms with E-state index in [-0.39, 0.29) is 53.1 Å². The summed E-state index contributed by atoms with van der Waals surface area (Å²) in [4.78, 5) is 0. The van der Waals surface area contributed by atoms with E-state index in [2.05, 4.69) is 44.2 Å². The molecule has 0 bridgehead atoms. The number of hydrogen-bond donors (Lipinski definition) is 1. The van der Waals surface area contributed by atoms with Gasteiger partial charge in [-0.25, -0.2) is 0 Å². The quantitative estimate of drug-likeness (QED) is 0.493. The summed E-state index contributed by atoms with van der Waals surface area (Å²) >= 11 is 0. The van der Waals surface area contributed by atoms with E-state index in [4.69, 9.17) is 5.11 Å². The fourth-order valence-corrected chi connectivity index (χ4v) is 2.41. The van der Waals surface area contributed by atoms with Gasteiger partial charge in [0.2, 0.25) is 0 Å². The van der Waals surface area contributed by atoms with Crippen LogP contribution in [0.5, 0.6) is 0 Å². The van der Waals surface area contributed by atoms with E-state index >= 15 is 0 Å². The SMILES string of the molecule is CC1=CC(c2[c-]cccc2)C(C)=C1.OCc1ccccc1.[Cl-].[Cl-].[Ti+3]. The van der Waals surface area contributed by atoms with Crippen LogP contribution >= 0.6 is 0 Å². The molecule has 1 unspecified atom stereocenters. The van der Waals surface area contributed by atoms with Crippen LogP contribution in [-0.4, -0.2) is 5.11 Å². The summed E-state index contributed by atoms with van der Waals surface area (Å²) in [5.41, 5.74) is 5.01. The molecule has 0 amide bonds. The van der Waals surface area contributed by atoms with Crippen molar-refractivity contribution in [3.63, 3.8) is 0 Å². The summed E-state index contributed by atoms with van der Waals surface area (Å²) in [6.45, 7) is 4.46. The molecule has 0 saturated heterocycles. The van der Waals surface area contributed by atoms with E-state index in [0.29, 0.717) is 5.92 Å². The Morgan fingerprint density at radius 2 is 1.58 bits per heavy atom. The zero-order chi connectivity index (χ0) is 15.1. The Morgan fingerprint density at radius 1 is 0.958 bits per heavy atom. The third-order valence-electron chi connectivity index (χ3n) is 3.47. The minimum absolute atomic E-state index is 0. The number of rotatable bonds is 2. The summed E-state index contributed by atoms with van der Waals surface area (Å²) in [6.07, 6.45) is 4.53. The molecular weight excluding hydrogens is 375 g/mol. The largest absolute Gasteiger partial charge is 3.00 e. The van der Waals surface area contributed by atoms with Crippen molar-refractivity contribution >= 4 is 0 Å². The van der Waals surface area contributed by atoms with E-state index in [1.165, 1.54) is 16.7 Å². The molecular formula is C20H21Cl2OTi. The zero-order valence-electron chi connectivity index (χ0n) is 13.8. The standard InChI is InChI=1S/C13H13.C7H8O.2ClH.Ti/c1-10-8-11(2)13(9-10)12-6-4-3-5-7-12;8-6-7-4-2-1-3-5-7;;;/h3-6,8-9,13H,1-2H3;1-5,8H,6H2;2*1H;/q-1;;;;+3/p-2. The average molecular weight is 396 g/mol. The Bertz CT molecular complexity index is 625. The molecule has 1 nitrogen and oxygen atoms in total. The van der Waals surface area contributed by atoms with Gasteiger partial charge in [0, 0.05) is 5.92 Å². The molecule has 0 saturated carbocycles. The van der Waals surface area contributed by atoms with Crippen molar-refractivity contribution in [2.24, 2.45) is 0 Å². The Hall–Kier alpha value is -0.826. The van der Waals surface area contributed by atoms with Crippen LogP contribution in [-0.2, 0) is 28.3 Å². The van der Waals surface area contributed by atoms with Crippen molar-refractivity contribution in [1.82, 2.24) is 0 Å². The molecule has 2 aromatic rings. The van der Waals surface area contributed by atoms with Crippen LogP contribution in [0, 0.1) is 6.07 Å². The minimum Gasteiger partial charge on any atom is -1.00 e. The molecule has 0 spiro atoms. The number of allylic oxidation sites excluding steroid dienone is 4. The van der Waals surface area contributed by atoms with Gasteiger partial charge in [-0.3, -0.25) is 0 Å². The summed E-state index contributed by atoms with van der Waals surface area (Å²) in [6, 6.07) is 21.0. The normalized spacial score (nSPS) is 14.5. The second-order valence-corrected chi connectivity index (χ2v) is 5.24. The molecule has 0 fully saturated rings. The van der Waals surface area contributed by atoms with E-state index in [0.717, 1.165) is 5.56 Å². The van der Waals surface area contributed by atoms with Gasteiger partial charge in [-0.05, 0) is 19.4 Å². The molecule has 3 rings (SSSR count). The first-order valence-corrected chi connectivity index (χ1v) is 7.18. The fraction of sp³-hybridized carbons (Fsp3) is 0.200. The Kier molecular flexibility index (Phi) is 14.3. The molecule has 1 radical (unpaired) electrons. The molecule has 0 aromatic heterocycles. The Labute approximate surface area is 172 Å². The summed E-state index contributed by atoms with van der Waals surface area (Å²) in [5, 5.41) is 8.54. The van der Waals surface area contributed by atoms with Crippen LogP contribution in [0.2, 0.25) is 0 Å². The van der Waals surface area contributed by atoms with Gasteiger partial charge in [0.15, 0.2) is 0 Å². The van der Waals surface area contributed by atoms with Crippen LogP contribution in [0.3, 0.4) is 0 Å². The van der Waals surface area contributed by atoms with Gasteiger partial charge in [-0.2, -0.15) is 35.9 Å². The van der Waals surface area contributed by atoms with Crippen molar-refractivity contribution in [2.75, 3.05) is 0 Å². The fourth-order valence-electron chi connectivity index (χ4n) is 2.41. The van der Waals surface area contributed by atoms with Crippen LogP contribution in [0.1, 0.15) is 30.9 Å². The predicted octanol–water partition coefficient (Wildman–Crippen LogP) is -1.34. The van der Waals surface area contributed by atoms with Crippen molar-refractivity contribution in [3.8, 4) is 0 Å². The second kappa shape index (κ2) is 13.5. The minimum atomic E-state index is 0. The number of aliphatic hydroxyl groups is 1. The zero-order valence-corrected chi connectivity index (χ0v) is 16.9. The maximum Gasteiger partial charge on any atom is 3.00 e. The maximum atomic E-state index is 8.54. The maximum absolute atomic E-state index is 8.54. The number of halogens is 2. The third-order valence-corrected chi connectivity index (χ3v) is 3.47. The van der Waals surface area contributed by atoms with Gasteiger partial charge >= 0.3 is 21.7 Å². The predicted molar refractivity (Wildman–Crippen MR) is 87.9 cm³/mol. The number of aliphatic hydroxyl groups excluding tert-OH is 1. The van der Waals surface area contributed by atoms with E-state index in [1.807, 2.05) is 42.5 Å². The number of benzene rings is 2. The van der Waals surface area contributed by atoms with E-state index in [1.54, 1.807) is 0 Å². The first-order chi connectivity index (χ1) is 10.2. The van der Waals surface area contributed by atoms with Crippen molar-refractivity contribution in [1.29, 1.82) is 0 Å². The number of hydrogen-bond acceptors (Lipinski definition) is 1. The first-order valence-electron chi connectivity index (χ1n) is 7.18. The van der Waals surface area contributed by atoms with Crippen LogP contribution in [0.4, 0.5) is 0 Å². The topological polar surface area (TPSA) is 20.2 Å². The first kappa shape index (κ1) is 25.4. The molecule has 1 aliphatic carbocycles. The average Bonchev–Trinajstić information content (AvgIpc) is 2.88. The van der Waals surface area contributed by atoms with Crippen LogP contribution < -0.4 is 24.8 Å². The van der Waals surface area contributed by atoms with Crippen molar-refractivity contribution in [3.05, 3.63) is 95.1 Å². The molecule has 2 aromatic carbocycles. The van der Waals surface area contributed by atoms with E-state index in [9.17, 15) is 0 Å². The molecule has 1 N–H and O–H groups in total. The monoisotopic (exact) mass is 395 g/mol. The van der Waals surface area contributed by atoms with Gasteiger partial charge < -0.3 is 29.9 Å². The van der Waals surface area contributed by atoms with Crippen molar-refractivity contribution < 1.29 is 51.6 Å². The molecule has 4 heteroatoms. The van der Waals surface area contributed by atoms with Gasteiger partial charge in [0.25, 0.3) is 0 Å². The Balaban J connectivity index is 0. The molecule has 24 heavy (non-hydrogen) atoms. The molecule has 125 valence electrons. The van der Waals surface area contributed by atoms with E-state index < -0.39 is 0 Å². The summed E-state index contributed by atoms with van der Waals surface area (Å²) in [5.74, 6) is 0.459. The van der Waals surface area contributed by atoms with Gasteiger partial charge in [-0.15, -0.1) is 0 Å². The smallest absolute Gasteiger partial charge is 1.00 e. The molecule has 0 heterocycles. The van der Waals surface area contributed by atoms with Gasteiger partial charge in [0.05, 0.1) is 6.61 Å². The van der Waals surface area contributed by atoms with Gasteiger partial charge in [-0.1, -0.05) is 53.6 Å². The van der Waals surface area contributed by atoms with Gasteiger partial charge in [0.1, 0.15) is 0 Å². The molecule has 0 aliphatic heterocycles. The summed E-state index contributed by atoms with van der Waals surface area (Å²) in [7, 11) is 0. The van der Waals surface area contributed by atoms with Crippen LogP contribution in [0.15, 0.2) is 77.9 Å². The van der Waals surface area contributed by atoms with Crippen LogP contribution in [0.25, 0.3) is 0 Å².